The molecule has 2 atom stereocenters. The zero-order chi connectivity index (χ0) is 11.9. The van der Waals surface area contributed by atoms with E-state index < -0.39 is 5.60 Å². The minimum atomic E-state index is -0.489. The fourth-order valence-corrected chi connectivity index (χ4v) is 2.49. The third kappa shape index (κ3) is 2.20. The zero-order valence-electron chi connectivity index (χ0n) is 10.2. The molecular formula is C12H19NO3. The summed E-state index contributed by atoms with van der Waals surface area (Å²) in [7, 11) is 0. The molecule has 4 nitrogen and oxygen atoms in total. The SMILES string of the molecule is CC(C)(C)OC(=O)N1C[C@@H]2CC[C@H]1C(=O)C2. The van der Waals surface area contributed by atoms with Crippen LogP contribution in [0.25, 0.3) is 0 Å². The van der Waals surface area contributed by atoms with Crippen molar-refractivity contribution in [3.63, 3.8) is 0 Å². The molecule has 1 saturated carbocycles. The number of ether oxygens (including phenoxy) is 1. The van der Waals surface area contributed by atoms with Gasteiger partial charge in [0.1, 0.15) is 5.60 Å². The van der Waals surface area contributed by atoms with E-state index in [1.807, 2.05) is 20.8 Å². The fourth-order valence-electron chi connectivity index (χ4n) is 2.49. The second-order valence-corrected chi connectivity index (χ2v) is 5.76. The second kappa shape index (κ2) is 3.75. The Balaban J connectivity index is 2.05. The van der Waals surface area contributed by atoms with Crippen molar-refractivity contribution in [1.29, 1.82) is 0 Å². The molecule has 2 saturated heterocycles. The van der Waals surface area contributed by atoms with Crippen LogP contribution >= 0.6 is 0 Å². The van der Waals surface area contributed by atoms with Gasteiger partial charge in [-0.05, 0) is 39.5 Å². The van der Waals surface area contributed by atoms with Gasteiger partial charge in [-0.3, -0.25) is 9.69 Å². The van der Waals surface area contributed by atoms with E-state index in [0.717, 1.165) is 12.8 Å². The van der Waals surface area contributed by atoms with Crippen molar-refractivity contribution < 1.29 is 14.3 Å². The van der Waals surface area contributed by atoms with Gasteiger partial charge in [0.05, 0.1) is 6.04 Å². The molecule has 0 spiro atoms. The molecule has 2 aliphatic heterocycles. The Bertz CT molecular complexity index is 319. The normalized spacial score (nSPS) is 29.4. The lowest BCUT2D eigenvalue weighted by Crippen LogP contribution is -2.56. The second-order valence-electron chi connectivity index (χ2n) is 5.76. The van der Waals surface area contributed by atoms with Gasteiger partial charge in [-0.15, -0.1) is 0 Å². The highest BCUT2D eigenvalue weighted by Gasteiger charge is 2.43. The van der Waals surface area contributed by atoms with E-state index in [2.05, 4.69) is 0 Å². The summed E-state index contributed by atoms with van der Waals surface area (Å²) in [6, 6.07) is -0.222. The average Bonchev–Trinajstić information content (AvgIpc) is 2.15. The van der Waals surface area contributed by atoms with Crippen molar-refractivity contribution >= 4 is 11.9 Å². The Morgan fingerprint density at radius 1 is 1.38 bits per heavy atom. The van der Waals surface area contributed by atoms with Crippen molar-refractivity contribution in [2.75, 3.05) is 6.54 Å². The average molecular weight is 225 g/mol. The topological polar surface area (TPSA) is 46.6 Å². The van der Waals surface area contributed by atoms with Crippen LogP contribution in [0.1, 0.15) is 40.0 Å². The number of Topliss-reactive ketones (excluding diaryl/α,β-unsaturated/α-hetero) is 1. The molecule has 2 bridgehead atoms. The lowest BCUT2D eigenvalue weighted by molar-refractivity contribution is -0.132. The van der Waals surface area contributed by atoms with Crippen LogP contribution in [0.4, 0.5) is 4.79 Å². The number of piperidine rings is 2. The molecule has 0 unspecified atom stereocenters. The van der Waals surface area contributed by atoms with Crippen molar-refractivity contribution in [2.45, 2.75) is 51.7 Å². The largest absolute Gasteiger partial charge is 0.444 e. The molecular weight excluding hydrogens is 206 g/mol. The van der Waals surface area contributed by atoms with Crippen LogP contribution in [0.2, 0.25) is 0 Å². The number of ketones is 1. The maximum atomic E-state index is 11.9. The van der Waals surface area contributed by atoms with Gasteiger partial charge in [0, 0.05) is 13.0 Å². The number of fused-ring (bicyclic) bond motifs is 3. The third-order valence-corrected chi connectivity index (χ3v) is 3.17. The van der Waals surface area contributed by atoms with E-state index in [1.54, 1.807) is 4.90 Å². The summed E-state index contributed by atoms with van der Waals surface area (Å²) in [4.78, 5) is 25.2. The van der Waals surface area contributed by atoms with Crippen LogP contribution in [0.15, 0.2) is 0 Å². The van der Waals surface area contributed by atoms with Gasteiger partial charge in [0.25, 0.3) is 0 Å². The van der Waals surface area contributed by atoms with Gasteiger partial charge in [-0.25, -0.2) is 4.79 Å². The molecule has 3 fully saturated rings. The highest BCUT2D eigenvalue weighted by molar-refractivity contribution is 5.89. The van der Waals surface area contributed by atoms with Crippen molar-refractivity contribution in [2.24, 2.45) is 5.92 Å². The van der Waals surface area contributed by atoms with E-state index in [9.17, 15) is 9.59 Å². The molecule has 0 aromatic carbocycles. The maximum Gasteiger partial charge on any atom is 0.410 e. The van der Waals surface area contributed by atoms with Crippen LogP contribution < -0.4 is 0 Å². The van der Waals surface area contributed by atoms with E-state index in [-0.39, 0.29) is 17.9 Å². The molecule has 2 heterocycles. The molecule has 16 heavy (non-hydrogen) atoms. The lowest BCUT2D eigenvalue weighted by atomic mass is 9.79. The van der Waals surface area contributed by atoms with Gasteiger partial charge < -0.3 is 4.74 Å². The molecule has 0 aromatic heterocycles. The Morgan fingerprint density at radius 2 is 2.06 bits per heavy atom. The standard InChI is InChI=1S/C12H19NO3/c1-12(2,3)16-11(15)13-7-8-4-5-9(13)10(14)6-8/h8-9H,4-7H2,1-3H3/t8-,9+/m1/s1. The predicted octanol–water partition coefficient (Wildman–Crippen LogP) is 1.97. The lowest BCUT2D eigenvalue weighted by Gasteiger charge is -2.44. The molecule has 0 aromatic rings. The first-order chi connectivity index (χ1) is 7.37. The number of hydrogen-bond donors (Lipinski definition) is 0. The van der Waals surface area contributed by atoms with Gasteiger partial charge >= 0.3 is 6.09 Å². The van der Waals surface area contributed by atoms with E-state index in [4.69, 9.17) is 4.74 Å². The minimum Gasteiger partial charge on any atom is -0.444 e. The molecule has 1 aliphatic carbocycles. The number of amides is 1. The molecule has 4 heteroatoms. The van der Waals surface area contributed by atoms with E-state index in [0.29, 0.717) is 18.9 Å². The first kappa shape index (κ1) is 11.4. The summed E-state index contributed by atoms with van der Waals surface area (Å²) >= 11 is 0. The van der Waals surface area contributed by atoms with Crippen LogP contribution in [-0.2, 0) is 9.53 Å². The van der Waals surface area contributed by atoms with Crippen molar-refractivity contribution in [3.8, 4) is 0 Å². The van der Waals surface area contributed by atoms with Crippen LogP contribution in [-0.4, -0.2) is 35.0 Å². The van der Waals surface area contributed by atoms with Crippen LogP contribution in [0, 0.1) is 5.92 Å². The molecule has 1 amide bonds. The van der Waals surface area contributed by atoms with Crippen molar-refractivity contribution in [3.05, 3.63) is 0 Å². The molecule has 0 N–H and O–H groups in total. The summed E-state index contributed by atoms with van der Waals surface area (Å²) in [6.07, 6.45) is 2.18. The maximum absolute atomic E-state index is 11.9. The van der Waals surface area contributed by atoms with Crippen LogP contribution in [0.3, 0.4) is 0 Å². The Hall–Kier alpha value is -1.06. The van der Waals surface area contributed by atoms with E-state index in [1.165, 1.54) is 0 Å². The van der Waals surface area contributed by atoms with E-state index >= 15 is 0 Å². The van der Waals surface area contributed by atoms with Gasteiger partial charge in [0.15, 0.2) is 5.78 Å². The third-order valence-electron chi connectivity index (χ3n) is 3.17. The van der Waals surface area contributed by atoms with Crippen LogP contribution in [0.5, 0.6) is 0 Å². The molecule has 0 radical (unpaired) electrons. The first-order valence-electron chi connectivity index (χ1n) is 5.89. The molecule has 3 aliphatic rings. The number of carbonyl (C=O) groups is 2. The zero-order valence-corrected chi connectivity index (χ0v) is 10.2. The Kier molecular flexibility index (Phi) is 2.68. The highest BCUT2D eigenvalue weighted by atomic mass is 16.6. The minimum absolute atomic E-state index is 0.202. The predicted molar refractivity (Wildman–Crippen MR) is 59.1 cm³/mol. The highest BCUT2D eigenvalue weighted by Crippen LogP contribution is 2.33. The summed E-state index contributed by atoms with van der Waals surface area (Å²) < 4.78 is 5.31. The molecule has 90 valence electrons. The van der Waals surface area contributed by atoms with Gasteiger partial charge in [-0.1, -0.05) is 0 Å². The Labute approximate surface area is 95.9 Å². The molecule has 3 rings (SSSR count). The van der Waals surface area contributed by atoms with Gasteiger partial charge in [-0.2, -0.15) is 0 Å². The number of rotatable bonds is 0. The quantitative estimate of drug-likeness (QED) is 0.633. The summed E-state index contributed by atoms with van der Waals surface area (Å²) in [6.45, 7) is 6.21. The van der Waals surface area contributed by atoms with Gasteiger partial charge in [0.2, 0.25) is 0 Å². The van der Waals surface area contributed by atoms with Crippen molar-refractivity contribution in [1.82, 2.24) is 4.90 Å². The number of nitrogens with zero attached hydrogens (tertiary/aromatic N) is 1. The fraction of sp³-hybridized carbons (Fsp3) is 0.833. The Morgan fingerprint density at radius 3 is 2.56 bits per heavy atom. The monoisotopic (exact) mass is 225 g/mol. The number of carbonyl (C=O) groups excluding carboxylic acids is 2. The number of hydrogen-bond acceptors (Lipinski definition) is 3. The smallest absolute Gasteiger partial charge is 0.410 e. The summed E-state index contributed by atoms with van der Waals surface area (Å²) in [5.74, 6) is 0.554. The summed E-state index contributed by atoms with van der Waals surface area (Å²) in [5, 5.41) is 0. The first-order valence-corrected chi connectivity index (χ1v) is 5.89. The summed E-state index contributed by atoms with van der Waals surface area (Å²) in [5.41, 5.74) is -0.489.